The third-order valence-corrected chi connectivity index (χ3v) is 7.26. The topological polar surface area (TPSA) is 61.4 Å². The average molecular weight is 315 g/mol. The maximum Gasteiger partial charge on any atom is 0.279 e. The van der Waals surface area contributed by atoms with Gasteiger partial charge in [0, 0.05) is 19.6 Å². The van der Waals surface area contributed by atoms with Gasteiger partial charge >= 0.3 is 0 Å². The average Bonchev–Trinajstić information content (AvgIpc) is 2.85. The molecule has 5 nitrogen and oxygen atoms in total. The number of hydrogen-bond acceptors (Lipinski definition) is 3. The van der Waals surface area contributed by atoms with Crippen LogP contribution in [-0.4, -0.2) is 45.4 Å². The molecule has 3 fully saturated rings. The van der Waals surface area contributed by atoms with Crippen LogP contribution in [0.4, 0.5) is 0 Å². The van der Waals surface area contributed by atoms with Gasteiger partial charge in [0.05, 0.1) is 0 Å². The molecule has 3 rings (SSSR count). The molecule has 0 radical (unpaired) electrons. The highest BCUT2D eigenvalue weighted by Gasteiger charge is 2.65. The summed E-state index contributed by atoms with van der Waals surface area (Å²) in [7, 11) is -1.61. The van der Waals surface area contributed by atoms with Gasteiger partial charge in [-0.15, -0.1) is 0 Å². The molecule has 2 N–H and O–H groups in total. The molecule has 3 aliphatic rings. The fraction of sp³-hybridized carbons (Fsp3) is 1.00. The lowest BCUT2D eigenvalue weighted by Gasteiger charge is -2.19. The second kappa shape index (κ2) is 6.14. The Bertz CT molecular complexity index is 452. The van der Waals surface area contributed by atoms with E-state index in [0.717, 1.165) is 37.8 Å². The van der Waals surface area contributed by atoms with Crippen molar-refractivity contribution in [2.75, 3.05) is 26.7 Å². The monoisotopic (exact) mass is 315 g/mol. The SMILES string of the molecule is CCCNCCCN(C)S(=O)(=O)NC1C2C3CCC(C3)C12. The van der Waals surface area contributed by atoms with Gasteiger partial charge in [-0.3, -0.25) is 0 Å². The highest BCUT2D eigenvalue weighted by atomic mass is 32.2. The van der Waals surface area contributed by atoms with Crippen LogP contribution >= 0.6 is 0 Å². The number of fused-ring (bicyclic) bond motifs is 5. The van der Waals surface area contributed by atoms with E-state index >= 15 is 0 Å². The standard InChI is InChI=1S/C15H29N3O2S/c1-3-7-16-8-4-9-18(2)21(19,20)17-15-13-11-5-6-12(10-11)14(13)15/h11-17H,3-10H2,1-2H3. The molecule has 0 saturated heterocycles. The first kappa shape index (κ1) is 15.7. The zero-order chi connectivity index (χ0) is 15.0. The second-order valence-electron chi connectivity index (χ2n) is 7.06. The molecule has 6 heteroatoms. The van der Waals surface area contributed by atoms with Crippen molar-refractivity contribution >= 4 is 10.2 Å². The largest absolute Gasteiger partial charge is 0.317 e. The van der Waals surface area contributed by atoms with Crippen molar-refractivity contribution in [3.8, 4) is 0 Å². The van der Waals surface area contributed by atoms with E-state index in [4.69, 9.17) is 0 Å². The Labute approximate surface area is 129 Å². The van der Waals surface area contributed by atoms with E-state index in [2.05, 4.69) is 17.0 Å². The molecule has 21 heavy (non-hydrogen) atoms. The van der Waals surface area contributed by atoms with E-state index < -0.39 is 10.2 Å². The van der Waals surface area contributed by atoms with Gasteiger partial charge in [-0.2, -0.15) is 17.4 Å². The Morgan fingerprint density at radius 3 is 2.43 bits per heavy atom. The number of rotatable bonds is 9. The molecule has 3 saturated carbocycles. The van der Waals surface area contributed by atoms with Gasteiger partial charge < -0.3 is 5.32 Å². The van der Waals surface area contributed by atoms with Gasteiger partial charge in [0.1, 0.15) is 0 Å². The molecule has 0 aromatic carbocycles. The fourth-order valence-corrected chi connectivity index (χ4v) is 5.80. The van der Waals surface area contributed by atoms with Crippen molar-refractivity contribution in [3.05, 3.63) is 0 Å². The summed E-state index contributed by atoms with van der Waals surface area (Å²) in [6.45, 7) is 4.60. The summed E-state index contributed by atoms with van der Waals surface area (Å²) >= 11 is 0. The van der Waals surface area contributed by atoms with Crippen molar-refractivity contribution < 1.29 is 8.42 Å². The van der Waals surface area contributed by atoms with Crippen LogP contribution in [0.25, 0.3) is 0 Å². The molecule has 4 unspecified atom stereocenters. The lowest BCUT2D eigenvalue weighted by Crippen LogP contribution is -2.42. The van der Waals surface area contributed by atoms with Gasteiger partial charge in [-0.05, 0) is 68.9 Å². The summed E-state index contributed by atoms with van der Waals surface area (Å²) in [6, 6.07) is 0.238. The lowest BCUT2D eigenvalue weighted by atomic mass is 10.0. The van der Waals surface area contributed by atoms with Crippen LogP contribution in [0.3, 0.4) is 0 Å². The number of nitrogens with zero attached hydrogens (tertiary/aromatic N) is 1. The molecule has 0 amide bonds. The van der Waals surface area contributed by atoms with Crippen molar-refractivity contribution in [3.63, 3.8) is 0 Å². The van der Waals surface area contributed by atoms with E-state index in [9.17, 15) is 8.42 Å². The van der Waals surface area contributed by atoms with Crippen LogP contribution in [0, 0.1) is 23.7 Å². The predicted molar refractivity (Wildman–Crippen MR) is 84.1 cm³/mol. The maximum atomic E-state index is 12.4. The fourth-order valence-electron chi connectivity index (χ4n) is 4.59. The molecule has 3 aliphatic carbocycles. The molecule has 0 heterocycles. The maximum absolute atomic E-state index is 12.4. The van der Waals surface area contributed by atoms with E-state index in [-0.39, 0.29) is 6.04 Å². The third kappa shape index (κ3) is 3.14. The van der Waals surface area contributed by atoms with Crippen molar-refractivity contribution in [2.45, 2.75) is 45.1 Å². The summed E-state index contributed by atoms with van der Waals surface area (Å²) in [5.41, 5.74) is 0. The Kier molecular flexibility index (Phi) is 4.60. The molecule has 0 spiro atoms. The molecular weight excluding hydrogens is 286 g/mol. The summed E-state index contributed by atoms with van der Waals surface area (Å²) < 4.78 is 29.2. The van der Waals surface area contributed by atoms with E-state index in [0.29, 0.717) is 18.4 Å². The van der Waals surface area contributed by atoms with Crippen molar-refractivity contribution in [2.24, 2.45) is 23.7 Å². The lowest BCUT2D eigenvalue weighted by molar-refractivity contribution is 0.431. The van der Waals surface area contributed by atoms with Crippen LogP contribution in [0.5, 0.6) is 0 Å². The first-order valence-corrected chi connectivity index (χ1v) is 9.93. The van der Waals surface area contributed by atoms with Crippen molar-refractivity contribution in [1.29, 1.82) is 0 Å². The molecule has 2 bridgehead atoms. The van der Waals surface area contributed by atoms with Gasteiger partial charge in [0.2, 0.25) is 0 Å². The Hall–Kier alpha value is -0.170. The molecule has 0 aromatic rings. The van der Waals surface area contributed by atoms with Crippen LogP contribution in [0.15, 0.2) is 0 Å². The van der Waals surface area contributed by atoms with Gasteiger partial charge in [-0.1, -0.05) is 6.92 Å². The molecule has 122 valence electrons. The summed E-state index contributed by atoms with van der Waals surface area (Å²) in [5.74, 6) is 2.91. The number of hydrogen-bond donors (Lipinski definition) is 2. The molecule has 4 atom stereocenters. The Morgan fingerprint density at radius 2 is 1.81 bits per heavy atom. The third-order valence-electron chi connectivity index (χ3n) is 5.68. The molecule has 0 aliphatic heterocycles. The quantitative estimate of drug-likeness (QED) is 0.628. The van der Waals surface area contributed by atoms with Gasteiger partial charge in [0.15, 0.2) is 0 Å². The zero-order valence-electron chi connectivity index (χ0n) is 13.2. The second-order valence-corrected chi connectivity index (χ2v) is 8.87. The summed E-state index contributed by atoms with van der Waals surface area (Å²) in [6.07, 6.45) is 5.97. The normalized spacial score (nSPS) is 37.2. The minimum absolute atomic E-state index is 0.238. The first-order valence-electron chi connectivity index (χ1n) is 8.49. The zero-order valence-corrected chi connectivity index (χ0v) is 14.0. The van der Waals surface area contributed by atoms with Gasteiger partial charge in [-0.25, -0.2) is 0 Å². The Balaban J connectivity index is 1.42. The Morgan fingerprint density at radius 1 is 1.14 bits per heavy atom. The van der Waals surface area contributed by atoms with E-state index in [1.165, 1.54) is 23.6 Å². The predicted octanol–water partition coefficient (Wildman–Crippen LogP) is 1.19. The van der Waals surface area contributed by atoms with Crippen LogP contribution in [-0.2, 0) is 10.2 Å². The molecular formula is C15H29N3O2S. The minimum atomic E-state index is -3.30. The summed E-state index contributed by atoms with van der Waals surface area (Å²) in [4.78, 5) is 0. The number of nitrogens with one attached hydrogen (secondary N) is 2. The molecule has 0 aromatic heterocycles. The van der Waals surface area contributed by atoms with Gasteiger partial charge in [0.25, 0.3) is 10.2 Å². The minimum Gasteiger partial charge on any atom is -0.317 e. The van der Waals surface area contributed by atoms with Crippen LogP contribution in [0.2, 0.25) is 0 Å². The van der Waals surface area contributed by atoms with Crippen molar-refractivity contribution in [1.82, 2.24) is 14.3 Å². The first-order chi connectivity index (χ1) is 10.0. The van der Waals surface area contributed by atoms with E-state index in [1.54, 1.807) is 7.05 Å². The van der Waals surface area contributed by atoms with Crippen LogP contribution in [0.1, 0.15) is 39.0 Å². The highest BCUT2D eigenvalue weighted by molar-refractivity contribution is 7.87. The highest BCUT2D eigenvalue weighted by Crippen LogP contribution is 2.65. The van der Waals surface area contributed by atoms with Crippen LogP contribution < -0.4 is 10.0 Å². The summed E-state index contributed by atoms with van der Waals surface area (Å²) in [5, 5.41) is 3.31. The van der Waals surface area contributed by atoms with E-state index in [1.807, 2.05) is 0 Å². The smallest absolute Gasteiger partial charge is 0.279 e.